The molecule has 1 aliphatic heterocycles. The van der Waals surface area contributed by atoms with E-state index in [1.54, 1.807) is 0 Å². The Morgan fingerprint density at radius 1 is 1.27 bits per heavy atom. The monoisotopic (exact) mass is 154 g/mol. The van der Waals surface area contributed by atoms with Gasteiger partial charge in [-0.2, -0.15) is 0 Å². The van der Waals surface area contributed by atoms with Crippen molar-refractivity contribution in [1.29, 1.82) is 0 Å². The molecule has 0 aromatic heterocycles. The smallest absolute Gasteiger partial charge is 0.0125 e. The molecular formula is C9H18N2. The van der Waals surface area contributed by atoms with Crippen LogP contribution in [-0.2, 0) is 0 Å². The van der Waals surface area contributed by atoms with Gasteiger partial charge in [0.25, 0.3) is 0 Å². The van der Waals surface area contributed by atoms with Crippen LogP contribution in [0.5, 0.6) is 0 Å². The first-order chi connectivity index (χ1) is 5.38. The van der Waals surface area contributed by atoms with Crippen molar-refractivity contribution in [2.24, 2.45) is 5.92 Å². The van der Waals surface area contributed by atoms with Crippen molar-refractivity contribution in [2.45, 2.75) is 25.8 Å². The van der Waals surface area contributed by atoms with E-state index >= 15 is 0 Å². The van der Waals surface area contributed by atoms with E-state index in [4.69, 9.17) is 0 Å². The highest BCUT2D eigenvalue weighted by molar-refractivity contribution is 4.92. The summed E-state index contributed by atoms with van der Waals surface area (Å²) in [4.78, 5) is 2.66. The maximum atomic E-state index is 3.43. The fourth-order valence-corrected chi connectivity index (χ4v) is 2.01. The zero-order chi connectivity index (χ0) is 7.68. The summed E-state index contributed by atoms with van der Waals surface area (Å²) in [5.41, 5.74) is 0. The predicted molar refractivity (Wildman–Crippen MR) is 46.6 cm³/mol. The van der Waals surface area contributed by atoms with Gasteiger partial charge in [-0.15, -0.1) is 0 Å². The van der Waals surface area contributed by atoms with E-state index < -0.39 is 0 Å². The van der Waals surface area contributed by atoms with Crippen LogP contribution < -0.4 is 5.32 Å². The van der Waals surface area contributed by atoms with Crippen molar-refractivity contribution in [1.82, 2.24) is 10.2 Å². The predicted octanol–water partition coefficient (Wildman–Crippen LogP) is 0.690. The average Bonchev–Trinajstić information content (AvgIpc) is 2.71. The van der Waals surface area contributed by atoms with Gasteiger partial charge in [0.15, 0.2) is 0 Å². The van der Waals surface area contributed by atoms with Gasteiger partial charge < -0.3 is 5.32 Å². The first kappa shape index (κ1) is 7.56. The van der Waals surface area contributed by atoms with E-state index in [0.29, 0.717) is 0 Å². The van der Waals surface area contributed by atoms with E-state index in [-0.39, 0.29) is 0 Å². The molecule has 1 heterocycles. The summed E-state index contributed by atoms with van der Waals surface area (Å²) < 4.78 is 0. The third-order valence-corrected chi connectivity index (χ3v) is 2.91. The standard InChI is InChI=1S/C9H18N2/c1-8-7-9(8)11-5-2-3-10-4-6-11/h8-10H,2-7H2,1H3/t8?,9-/m0/s1. The van der Waals surface area contributed by atoms with Gasteiger partial charge in [-0.1, -0.05) is 6.92 Å². The molecule has 64 valence electrons. The quantitative estimate of drug-likeness (QED) is 0.598. The number of hydrogen-bond donors (Lipinski definition) is 1. The average molecular weight is 154 g/mol. The highest BCUT2D eigenvalue weighted by atomic mass is 15.2. The van der Waals surface area contributed by atoms with Crippen molar-refractivity contribution in [3.05, 3.63) is 0 Å². The van der Waals surface area contributed by atoms with Gasteiger partial charge in [0.05, 0.1) is 0 Å². The molecule has 0 aromatic rings. The van der Waals surface area contributed by atoms with Gasteiger partial charge in [-0.05, 0) is 31.8 Å². The number of hydrogen-bond acceptors (Lipinski definition) is 2. The van der Waals surface area contributed by atoms with E-state index in [1.165, 1.54) is 39.0 Å². The molecule has 2 nitrogen and oxygen atoms in total. The van der Waals surface area contributed by atoms with Crippen LogP contribution in [0.15, 0.2) is 0 Å². The van der Waals surface area contributed by atoms with Gasteiger partial charge in [-0.25, -0.2) is 0 Å². The van der Waals surface area contributed by atoms with Crippen LogP contribution in [0.2, 0.25) is 0 Å². The minimum Gasteiger partial charge on any atom is -0.315 e. The molecule has 0 radical (unpaired) electrons. The summed E-state index contributed by atoms with van der Waals surface area (Å²) in [5, 5.41) is 3.43. The highest BCUT2D eigenvalue weighted by Gasteiger charge is 2.37. The lowest BCUT2D eigenvalue weighted by Gasteiger charge is -2.18. The molecule has 2 rings (SSSR count). The van der Waals surface area contributed by atoms with Crippen LogP contribution in [0.4, 0.5) is 0 Å². The Morgan fingerprint density at radius 3 is 2.82 bits per heavy atom. The third kappa shape index (κ3) is 1.74. The van der Waals surface area contributed by atoms with Crippen LogP contribution >= 0.6 is 0 Å². The summed E-state index contributed by atoms with van der Waals surface area (Å²) in [6, 6.07) is 0.940. The van der Waals surface area contributed by atoms with Gasteiger partial charge in [-0.3, -0.25) is 4.90 Å². The van der Waals surface area contributed by atoms with Crippen molar-refractivity contribution in [3.63, 3.8) is 0 Å². The van der Waals surface area contributed by atoms with Crippen molar-refractivity contribution >= 4 is 0 Å². The van der Waals surface area contributed by atoms with Crippen molar-refractivity contribution in [2.75, 3.05) is 26.2 Å². The molecular weight excluding hydrogens is 136 g/mol. The molecule has 2 atom stereocenters. The minimum absolute atomic E-state index is 0.940. The Kier molecular flexibility index (Phi) is 2.14. The number of nitrogens with one attached hydrogen (secondary N) is 1. The molecule has 0 spiro atoms. The van der Waals surface area contributed by atoms with E-state index in [2.05, 4.69) is 17.1 Å². The molecule has 1 aliphatic carbocycles. The summed E-state index contributed by atoms with van der Waals surface area (Å²) in [7, 11) is 0. The minimum atomic E-state index is 0.940. The largest absolute Gasteiger partial charge is 0.315 e. The van der Waals surface area contributed by atoms with Gasteiger partial charge in [0, 0.05) is 19.1 Å². The summed E-state index contributed by atoms with van der Waals surface area (Å²) >= 11 is 0. The van der Waals surface area contributed by atoms with Crippen molar-refractivity contribution < 1.29 is 0 Å². The lowest BCUT2D eigenvalue weighted by Crippen LogP contribution is -2.30. The normalized spacial score (nSPS) is 40.1. The third-order valence-electron chi connectivity index (χ3n) is 2.91. The van der Waals surface area contributed by atoms with Crippen LogP contribution in [0, 0.1) is 5.92 Å². The Morgan fingerprint density at radius 2 is 2.09 bits per heavy atom. The van der Waals surface area contributed by atoms with Gasteiger partial charge in [0.1, 0.15) is 0 Å². The molecule has 1 saturated carbocycles. The lowest BCUT2D eigenvalue weighted by molar-refractivity contribution is 0.271. The molecule has 2 fully saturated rings. The molecule has 1 unspecified atom stereocenters. The fraction of sp³-hybridized carbons (Fsp3) is 1.00. The summed E-state index contributed by atoms with van der Waals surface area (Å²) in [6.45, 7) is 7.38. The second-order valence-corrected chi connectivity index (χ2v) is 3.92. The van der Waals surface area contributed by atoms with Crippen LogP contribution in [0.3, 0.4) is 0 Å². The van der Waals surface area contributed by atoms with E-state index in [9.17, 15) is 0 Å². The summed E-state index contributed by atoms with van der Waals surface area (Å²) in [5.74, 6) is 0.980. The zero-order valence-electron chi connectivity index (χ0n) is 7.34. The van der Waals surface area contributed by atoms with Crippen LogP contribution in [0.25, 0.3) is 0 Å². The first-order valence-corrected chi connectivity index (χ1v) is 4.82. The lowest BCUT2D eigenvalue weighted by atomic mass is 10.3. The Bertz CT molecular complexity index is 128. The molecule has 0 aromatic carbocycles. The Labute approximate surface area is 69.0 Å². The molecule has 11 heavy (non-hydrogen) atoms. The zero-order valence-corrected chi connectivity index (χ0v) is 7.34. The van der Waals surface area contributed by atoms with Gasteiger partial charge >= 0.3 is 0 Å². The Hall–Kier alpha value is -0.0800. The number of nitrogens with zero attached hydrogens (tertiary/aromatic N) is 1. The van der Waals surface area contributed by atoms with Crippen LogP contribution in [-0.4, -0.2) is 37.1 Å². The van der Waals surface area contributed by atoms with Gasteiger partial charge in [0.2, 0.25) is 0 Å². The SMILES string of the molecule is CC1C[C@@H]1N1CCCNCC1. The van der Waals surface area contributed by atoms with Crippen molar-refractivity contribution in [3.8, 4) is 0 Å². The topological polar surface area (TPSA) is 15.3 Å². The maximum Gasteiger partial charge on any atom is 0.0125 e. The molecule has 0 amide bonds. The molecule has 0 bridgehead atoms. The van der Waals surface area contributed by atoms with Crippen LogP contribution in [0.1, 0.15) is 19.8 Å². The maximum absolute atomic E-state index is 3.43. The first-order valence-electron chi connectivity index (χ1n) is 4.82. The molecule has 2 heteroatoms. The number of rotatable bonds is 1. The fourth-order valence-electron chi connectivity index (χ4n) is 2.01. The highest BCUT2D eigenvalue weighted by Crippen LogP contribution is 2.34. The molecule has 1 saturated heterocycles. The Balaban J connectivity index is 1.82. The molecule has 1 N–H and O–H groups in total. The summed E-state index contributed by atoms with van der Waals surface area (Å²) in [6.07, 6.45) is 2.78. The van der Waals surface area contributed by atoms with E-state index in [0.717, 1.165) is 12.0 Å². The second-order valence-electron chi connectivity index (χ2n) is 3.92. The molecule has 2 aliphatic rings. The second kappa shape index (κ2) is 3.11. The van der Waals surface area contributed by atoms with E-state index in [1.807, 2.05) is 0 Å².